The van der Waals surface area contributed by atoms with Crippen LogP contribution in [0.15, 0.2) is 29.3 Å². The summed E-state index contributed by atoms with van der Waals surface area (Å²) in [6, 6.07) is 8.51. The third-order valence-electron chi connectivity index (χ3n) is 4.69. The Morgan fingerprint density at radius 2 is 2.05 bits per heavy atom. The van der Waals surface area contributed by atoms with Crippen molar-refractivity contribution in [3.05, 3.63) is 29.8 Å². The molecule has 2 unspecified atom stereocenters. The smallest absolute Gasteiger partial charge is 0.196 e. The van der Waals surface area contributed by atoms with E-state index in [0.29, 0.717) is 5.96 Å². The highest BCUT2D eigenvalue weighted by atomic mass is 16.5. The Morgan fingerprint density at radius 3 is 2.75 bits per heavy atom. The molecule has 2 N–H and O–H groups in total. The van der Waals surface area contributed by atoms with Gasteiger partial charge in [-0.05, 0) is 31.9 Å². The molecule has 3 rings (SSSR count). The zero-order valence-electron chi connectivity index (χ0n) is 12.3. The molecule has 1 aliphatic heterocycles. The Morgan fingerprint density at radius 1 is 1.30 bits per heavy atom. The highest BCUT2D eigenvalue weighted by Gasteiger charge is 2.50. The molecule has 0 aromatic heterocycles. The van der Waals surface area contributed by atoms with E-state index in [4.69, 9.17) is 10.5 Å². The first kappa shape index (κ1) is 13.4. The van der Waals surface area contributed by atoms with Crippen LogP contribution >= 0.6 is 0 Å². The number of ether oxygens (including phenoxy) is 1. The van der Waals surface area contributed by atoms with Crippen LogP contribution in [0, 0.1) is 6.92 Å². The van der Waals surface area contributed by atoms with E-state index >= 15 is 0 Å². The van der Waals surface area contributed by atoms with Crippen LogP contribution < -0.4 is 10.6 Å². The first-order chi connectivity index (χ1) is 9.67. The summed E-state index contributed by atoms with van der Waals surface area (Å²) in [6.45, 7) is 2.84. The number of aryl methyl sites for hydroxylation is 1. The summed E-state index contributed by atoms with van der Waals surface area (Å²) >= 11 is 0. The van der Waals surface area contributed by atoms with Crippen LogP contribution in [0.3, 0.4) is 0 Å². The van der Waals surface area contributed by atoms with Gasteiger partial charge in [-0.2, -0.15) is 0 Å². The molecule has 1 spiro atoms. The zero-order chi connectivity index (χ0) is 14.2. The van der Waals surface area contributed by atoms with Crippen LogP contribution in [0.5, 0.6) is 0 Å². The number of aliphatic imine (C=N–C) groups is 1. The molecule has 1 aromatic carbocycles. The van der Waals surface area contributed by atoms with Crippen molar-refractivity contribution in [2.24, 2.45) is 10.7 Å². The molecule has 20 heavy (non-hydrogen) atoms. The van der Waals surface area contributed by atoms with Gasteiger partial charge in [-0.3, -0.25) is 4.99 Å². The lowest BCUT2D eigenvalue weighted by atomic mass is 9.78. The van der Waals surface area contributed by atoms with Crippen molar-refractivity contribution < 1.29 is 4.74 Å². The van der Waals surface area contributed by atoms with E-state index in [1.54, 1.807) is 7.11 Å². The second-order valence-electron chi connectivity index (χ2n) is 5.92. The average molecular weight is 273 g/mol. The van der Waals surface area contributed by atoms with Crippen LogP contribution in [0.2, 0.25) is 0 Å². The monoisotopic (exact) mass is 273 g/mol. The summed E-state index contributed by atoms with van der Waals surface area (Å²) < 4.78 is 5.78. The molecule has 1 aromatic rings. The fourth-order valence-electron chi connectivity index (χ4n) is 3.64. The lowest BCUT2D eigenvalue weighted by molar-refractivity contribution is 0.0144. The molecule has 0 radical (unpaired) electrons. The second kappa shape index (κ2) is 5.09. The van der Waals surface area contributed by atoms with Gasteiger partial charge in [-0.1, -0.05) is 30.5 Å². The minimum atomic E-state index is -0.0909. The summed E-state index contributed by atoms with van der Waals surface area (Å²) in [4.78, 5) is 6.74. The topological polar surface area (TPSA) is 50.9 Å². The third-order valence-corrected chi connectivity index (χ3v) is 4.69. The molecule has 1 aliphatic carbocycles. The minimum Gasteiger partial charge on any atom is -0.379 e. The number of hydrogen-bond acceptors (Lipinski definition) is 4. The summed E-state index contributed by atoms with van der Waals surface area (Å²) in [7, 11) is 1.81. The van der Waals surface area contributed by atoms with Crippen molar-refractivity contribution in [3.8, 4) is 0 Å². The van der Waals surface area contributed by atoms with E-state index in [1.165, 1.54) is 18.4 Å². The molecule has 108 valence electrons. The van der Waals surface area contributed by atoms with Crippen LogP contribution in [-0.2, 0) is 4.74 Å². The molecule has 0 amide bonds. The molecule has 1 fully saturated rings. The van der Waals surface area contributed by atoms with Gasteiger partial charge in [-0.15, -0.1) is 0 Å². The lowest BCUT2D eigenvalue weighted by Gasteiger charge is -2.46. The molecule has 1 heterocycles. The second-order valence-corrected chi connectivity index (χ2v) is 5.92. The molecule has 1 saturated carbocycles. The maximum atomic E-state index is 6.19. The molecule has 2 aliphatic rings. The molecule has 0 bridgehead atoms. The summed E-state index contributed by atoms with van der Waals surface area (Å²) in [5.74, 6) is 0.623. The largest absolute Gasteiger partial charge is 0.379 e. The molecule has 2 atom stereocenters. The maximum absolute atomic E-state index is 6.19. The van der Waals surface area contributed by atoms with Crippen LogP contribution in [-0.4, -0.2) is 31.3 Å². The molecule has 4 nitrogen and oxygen atoms in total. The van der Waals surface area contributed by atoms with Crippen molar-refractivity contribution in [3.63, 3.8) is 0 Å². The van der Waals surface area contributed by atoms with Gasteiger partial charge in [0.2, 0.25) is 0 Å². The van der Waals surface area contributed by atoms with Gasteiger partial charge in [0.15, 0.2) is 5.96 Å². The van der Waals surface area contributed by atoms with Gasteiger partial charge in [0, 0.05) is 12.8 Å². The summed E-state index contributed by atoms with van der Waals surface area (Å²) in [5.41, 5.74) is 8.48. The first-order valence-corrected chi connectivity index (χ1v) is 7.37. The van der Waals surface area contributed by atoms with Crippen molar-refractivity contribution in [1.29, 1.82) is 0 Å². The summed E-state index contributed by atoms with van der Waals surface area (Å²) in [5, 5.41) is 0. The Bertz CT molecular complexity index is 511. The van der Waals surface area contributed by atoms with E-state index in [9.17, 15) is 0 Å². The number of nitrogens with zero attached hydrogens (tertiary/aromatic N) is 2. The van der Waals surface area contributed by atoms with Crippen molar-refractivity contribution >= 4 is 11.6 Å². The third kappa shape index (κ3) is 1.99. The fourth-order valence-corrected chi connectivity index (χ4v) is 3.64. The normalized spacial score (nSPS) is 29.8. The number of hydrogen-bond donors (Lipinski definition) is 1. The SMILES string of the molecule is COC1CCCCC12CN=C(N)N2c1ccc(C)cc1. The van der Waals surface area contributed by atoms with Crippen molar-refractivity contribution in [2.75, 3.05) is 18.6 Å². The summed E-state index contributed by atoms with van der Waals surface area (Å²) in [6.07, 6.45) is 4.81. The minimum absolute atomic E-state index is 0.0909. The van der Waals surface area contributed by atoms with Gasteiger partial charge < -0.3 is 15.4 Å². The molecule has 4 heteroatoms. The molecular weight excluding hydrogens is 250 g/mol. The lowest BCUT2D eigenvalue weighted by Crippen LogP contribution is -2.61. The Balaban J connectivity index is 2.00. The first-order valence-electron chi connectivity index (χ1n) is 7.37. The van der Waals surface area contributed by atoms with Gasteiger partial charge >= 0.3 is 0 Å². The highest BCUT2D eigenvalue weighted by Crippen LogP contribution is 2.41. The average Bonchev–Trinajstić information content (AvgIpc) is 2.78. The van der Waals surface area contributed by atoms with Gasteiger partial charge in [0.1, 0.15) is 0 Å². The van der Waals surface area contributed by atoms with E-state index in [-0.39, 0.29) is 11.6 Å². The van der Waals surface area contributed by atoms with E-state index < -0.39 is 0 Å². The number of methoxy groups -OCH3 is 1. The number of nitrogens with two attached hydrogens (primary N) is 1. The van der Waals surface area contributed by atoms with Crippen LogP contribution in [0.1, 0.15) is 31.2 Å². The predicted molar refractivity (Wildman–Crippen MR) is 82.1 cm³/mol. The fraction of sp³-hybridized carbons (Fsp3) is 0.562. The standard InChI is InChI=1S/C16H23N3O/c1-12-6-8-13(9-7-12)19-15(17)18-11-16(19)10-4-3-5-14(16)20-2/h6-9,14H,3-5,10-11H2,1-2H3,(H2,17,18). The quantitative estimate of drug-likeness (QED) is 0.900. The number of guanidine groups is 1. The maximum Gasteiger partial charge on any atom is 0.196 e. The van der Waals surface area contributed by atoms with Crippen LogP contribution in [0.4, 0.5) is 5.69 Å². The highest BCUT2D eigenvalue weighted by molar-refractivity contribution is 5.98. The van der Waals surface area contributed by atoms with Crippen molar-refractivity contribution in [2.45, 2.75) is 44.2 Å². The van der Waals surface area contributed by atoms with E-state index in [0.717, 1.165) is 25.1 Å². The van der Waals surface area contributed by atoms with Gasteiger partial charge in [0.05, 0.1) is 18.2 Å². The number of anilines is 1. The molecular formula is C16H23N3O. The number of rotatable bonds is 2. The Kier molecular flexibility index (Phi) is 3.42. The number of benzene rings is 1. The van der Waals surface area contributed by atoms with Crippen LogP contribution in [0.25, 0.3) is 0 Å². The van der Waals surface area contributed by atoms with Crippen molar-refractivity contribution in [1.82, 2.24) is 0 Å². The zero-order valence-corrected chi connectivity index (χ0v) is 12.3. The predicted octanol–water partition coefficient (Wildman–Crippen LogP) is 2.46. The van der Waals surface area contributed by atoms with E-state index in [2.05, 4.69) is 41.1 Å². The Labute approximate surface area is 120 Å². The van der Waals surface area contributed by atoms with E-state index in [1.807, 2.05) is 0 Å². The molecule has 0 saturated heterocycles. The Hall–Kier alpha value is -1.55. The van der Waals surface area contributed by atoms with Gasteiger partial charge in [0.25, 0.3) is 0 Å². The van der Waals surface area contributed by atoms with Gasteiger partial charge in [-0.25, -0.2) is 0 Å².